The summed E-state index contributed by atoms with van der Waals surface area (Å²) in [5.74, 6) is -1.91. The fraction of sp³-hybridized carbons (Fsp3) is 0.368. The van der Waals surface area contributed by atoms with Crippen LogP contribution in [0.15, 0.2) is 85.0 Å². The Morgan fingerprint density at radius 3 is 1.77 bits per heavy atom. The van der Waals surface area contributed by atoms with Crippen molar-refractivity contribution in [2.24, 2.45) is 0 Å². The molecule has 0 aliphatic rings. The van der Waals surface area contributed by atoms with E-state index in [9.17, 15) is 19.8 Å². The maximum Gasteiger partial charge on any atom is 0.335 e. The molecule has 6 heteroatoms. The fourth-order valence-electron chi connectivity index (χ4n) is 5.15. The van der Waals surface area contributed by atoms with Gasteiger partial charge in [0.1, 0.15) is 13.2 Å². The smallest absolute Gasteiger partial charge is 0.335 e. The second-order valence-corrected chi connectivity index (χ2v) is 11.1. The second kappa shape index (κ2) is 17.3. The Labute approximate surface area is 262 Å². The van der Waals surface area contributed by atoms with Crippen LogP contribution in [0.4, 0.5) is 0 Å². The zero-order chi connectivity index (χ0) is 32.1. The molecule has 0 aliphatic heterocycles. The summed E-state index contributed by atoms with van der Waals surface area (Å²) >= 11 is 0. The van der Waals surface area contributed by atoms with E-state index in [1.165, 1.54) is 47.1 Å². The van der Waals surface area contributed by atoms with E-state index in [1.54, 1.807) is 0 Å². The van der Waals surface area contributed by atoms with Gasteiger partial charge >= 0.3 is 11.9 Å². The van der Waals surface area contributed by atoms with Crippen molar-refractivity contribution in [1.29, 1.82) is 0 Å². The predicted molar refractivity (Wildman–Crippen MR) is 176 cm³/mol. The number of unbranched alkanes of at least 4 members (excludes halogenated alkanes) is 2. The number of carbonyl (C=O) groups is 2. The number of ether oxygens (including phenoxy) is 2. The lowest BCUT2D eigenvalue weighted by Gasteiger charge is -2.19. The van der Waals surface area contributed by atoms with Crippen LogP contribution in [-0.2, 0) is 38.3 Å². The molecule has 0 bridgehead atoms. The Hall–Kier alpha value is -4.00. The average Bonchev–Trinajstić information content (AvgIpc) is 3.07. The van der Waals surface area contributed by atoms with E-state index in [-0.39, 0.29) is 24.4 Å². The summed E-state index contributed by atoms with van der Waals surface area (Å²) in [7, 11) is 0. The van der Waals surface area contributed by atoms with Crippen LogP contribution < -0.4 is 0 Å². The van der Waals surface area contributed by atoms with Gasteiger partial charge in [-0.25, -0.2) is 9.59 Å². The van der Waals surface area contributed by atoms with Gasteiger partial charge in [-0.05, 0) is 70.2 Å². The minimum absolute atomic E-state index is 0.0613. The molecule has 44 heavy (non-hydrogen) atoms. The quantitative estimate of drug-likeness (QED) is 0.0974. The lowest BCUT2D eigenvalue weighted by Crippen LogP contribution is -2.21. The molecule has 0 radical (unpaired) electrons. The van der Waals surface area contributed by atoms with Crippen molar-refractivity contribution in [1.82, 2.24) is 0 Å². The number of rotatable bonds is 17. The average molecular weight is 599 g/mol. The van der Waals surface area contributed by atoms with Crippen LogP contribution in [0.25, 0.3) is 22.3 Å². The van der Waals surface area contributed by atoms with Gasteiger partial charge < -0.3 is 19.7 Å². The van der Waals surface area contributed by atoms with Crippen LogP contribution in [0.3, 0.4) is 0 Å². The number of hydrogen-bond donors (Lipinski definition) is 2. The summed E-state index contributed by atoms with van der Waals surface area (Å²) in [6.45, 7) is 12.5. The van der Waals surface area contributed by atoms with Crippen LogP contribution in [0.2, 0.25) is 0 Å². The second-order valence-electron chi connectivity index (χ2n) is 11.1. The highest BCUT2D eigenvalue weighted by Crippen LogP contribution is 2.32. The molecule has 6 nitrogen and oxygen atoms in total. The summed E-state index contributed by atoms with van der Waals surface area (Å²) in [6, 6.07) is 21.4. The summed E-state index contributed by atoms with van der Waals surface area (Å²) < 4.78 is 10.6. The van der Waals surface area contributed by atoms with E-state index in [2.05, 4.69) is 70.3 Å². The van der Waals surface area contributed by atoms with Gasteiger partial charge in [0, 0.05) is 0 Å². The molecule has 3 aromatic rings. The van der Waals surface area contributed by atoms with Gasteiger partial charge in [0.15, 0.2) is 0 Å². The zero-order valence-electron chi connectivity index (χ0n) is 26.4. The third-order valence-corrected chi connectivity index (χ3v) is 7.94. The Kier molecular flexibility index (Phi) is 13.6. The molecule has 0 unspecified atom stereocenters. The molecule has 3 rings (SSSR count). The highest BCUT2D eigenvalue weighted by Gasteiger charge is 2.19. The van der Waals surface area contributed by atoms with Crippen LogP contribution in [0.5, 0.6) is 0 Å². The molecular formula is C38H46O6. The summed E-state index contributed by atoms with van der Waals surface area (Å²) in [5, 5.41) is 18.4. The zero-order valence-corrected chi connectivity index (χ0v) is 26.4. The van der Waals surface area contributed by atoms with E-state index in [0.29, 0.717) is 0 Å². The molecule has 0 atom stereocenters. The molecule has 0 saturated heterocycles. The topological polar surface area (TPSA) is 93.1 Å². The molecule has 0 spiro atoms. The Morgan fingerprint density at radius 1 is 0.682 bits per heavy atom. The first-order chi connectivity index (χ1) is 21.3. The van der Waals surface area contributed by atoms with Crippen molar-refractivity contribution in [2.45, 2.75) is 65.2 Å². The molecule has 0 heterocycles. The molecule has 0 fully saturated rings. The normalized spacial score (nSPS) is 11.0. The van der Waals surface area contributed by atoms with Crippen molar-refractivity contribution >= 4 is 11.9 Å². The van der Waals surface area contributed by atoms with Gasteiger partial charge in [0.25, 0.3) is 0 Å². The van der Waals surface area contributed by atoms with Crippen molar-refractivity contribution in [3.63, 3.8) is 0 Å². The van der Waals surface area contributed by atoms with E-state index < -0.39 is 31.1 Å². The third kappa shape index (κ3) is 9.25. The van der Waals surface area contributed by atoms with E-state index in [1.807, 2.05) is 24.3 Å². The minimum Gasteiger partial charge on any atom is -0.461 e. The minimum atomic E-state index is -0.718. The van der Waals surface area contributed by atoms with Crippen molar-refractivity contribution in [2.75, 3.05) is 26.4 Å². The number of carbonyl (C=O) groups excluding carboxylic acids is 2. The van der Waals surface area contributed by atoms with Gasteiger partial charge in [0.05, 0.1) is 30.3 Å². The van der Waals surface area contributed by atoms with E-state index in [4.69, 9.17) is 9.47 Å². The Balaban J connectivity index is 1.83. The van der Waals surface area contributed by atoms with Crippen molar-refractivity contribution < 1.29 is 29.3 Å². The van der Waals surface area contributed by atoms with Crippen LogP contribution in [-0.4, -0.2) is 48.6 Å². The Morgan fingerprint density at radius 2 is 1.23 bits per heavy atom. The number of aryl methyl sites for hydroxylation is 3. The lowest BCUT2D eigenvalue weighted by atomic mass is 9.90. The summed E-state index contributed by atoms with van der Waals surface area (Å²) in [6.07, 6.45) is 6.77. The molecule has 0 aromatic heterocycles. The maximum atomic E-state index is 12.1. The maximum absolute atomic E-state index is 12.1. The van der Waals surface area contributed by atoms with Crippen LogP contribution in [0.1, 0.15) is 68.2 Å². The highest BCUT2D eigenvalue weighted by atomic mass is 16.5. The SMILES string of the molecule is C=C(CO)C(=O)OCC(COC(=O)C(=C)CO)c1ccc(-c2ccc(-c3ccc(CCCCC)c(CC)c3)c(CC)c2)cc1. The number of esters is 2. The molecule has 0 amide bonds. The third-order valence-electron chi connectivity index (χ3n) is 7.94. The number of aliphatic hydroxyl groups excluding tert-OH is 2. The molecule has 0 aliphatic carbocycles. The van der Waals surface area contributed by atoms with Gasteiger partial charge in [-0.2, -0.15) is 0 Å². The van der Waals surface area contributed by atoms with E-state index in [0.717, 1.165) is 36.0 Å². The predicted octanol–water partition coefficient (Wildman–Crippen LogP) is 7.15. The monoisotopic (exact) mass is 598 g/mol. The molecule has 234 valence electrons. The summed E-state index contributed by atoms with van der Waals surface area (Å²) in [4.78, 5) is 24.2. The standard InChI is InChI=1S/C38H46O6/c1-6-9-10-11-30-16-17-34(20-28(30)7-2)36-19-18-33(21-29(36)8-3)31-12-14-32(15-13-31)35(24-43-37(41)26(4)22-39)25-44-38(42)27(5)23-40/h12-21,35,39-40H,4-11,22-25H2,1-3H3. The van der Waals surface area contributed by atoms with Gasteiger partial charge in [-0.15, -0.1) is 0 Å². The summed E-state index contributed by atoms with van der Waals surface area (Å²) in [5.41, 5.74) is 9.46. The molecule has 2 N–H and O–H groups in total. The van der Waals surface area contributed by atoms with Crippen LogP contribution >= 0.6 is 0 Å². The molecular weight excluding hydrogens is 552 g/mol. The number of hydrogen-bond acceptors (Lipinski definition) is 6. The largest absolute Gasteiger partial charge is 0.461 e. The molecule has 0 saturated carbocycles. The number of benzene rings is 3. The Bertz CT molecular complexity index is 1400. The van der Waals surface area contributed by atoms with Gasteiger partial charge in [0.2, 0.25) is 0 Å². The van der Waals surface area contributed by atoms with Crippen molar-refractivity contribution in [3.05, 3.63) is 107 Å². The van der Waals surface area contributed by atoms with Gasteiger partial charge in [-0.3, -0.25) is 0 Å². The van der Waals surface area contributed by atoms with Crippen LogP contribution in [0, 0.1) is 0 Å². The van der Waals surface area contributed by atoms with E-state index >= 15 is 0 Å². The first-order valence-electron chi connectivity index (χ1n) is 15.5. The number of aliphatic hydroxyl groups is 2. The lowest BCUT2D eigenvalue weighted by molar-refractivity contribution is -0.142. The first-order valence-corrected chi connectivity index (χ1v) is 15.5. The molecule has 3 aromatic carbocycles. The fourth-order valence-corrected chi connectivity index (χ4v) is 5.15. The van der Waals surface area contributed by atoms with Gasteiger partial charge in [-0.1, -0.05) is 107 Å². The van der Waals surface area contributed by atoms with Crippen molar-refractivity contribution in [3.8, 4) is 22.3 Å². The first kappa shape index (κ1) is 34.5. The highest BCUT2D eigenvalue weighted by molar-refractivity contribution is 5.88.